The molecule has 0 aliphatic carbocycles. The van der Waals surface area contributed by atoms with E-state index in [9.17, 15) is 4.79 Å². The molecule has 0 unspecified atom stereocenters. The van der Waals surface area contributed by atoms with Gasteiger partial charge in [0.1, 0.15) is 18.2 Å². The lowest BCUT2D eigenvalue weighted by Gasteiger charge is -2.13. The number of benzene rings is 2. The van der Waals surface area contributed by atoms with Crippen LogP contribution >= 0.6 is 23.2 Å². The van der Waals surface area contributed by atoms with Crippen LogP contribution in [0.15, 0.2) is 42.0 Å². The SMILES string of the molecule is CNC(=O)/C(C#N)=C\c1ccc(OCc2c(Cl)cccc2Cl)c(OC)c1. The minimum atomic E-state index is -0.458. The van der Waals surface area contributed by atoms with Crippen molar-refractivity contribution in [1.29, 1.82) is 5.26 Å². The molecule has 0 fully saturated rings. The van der Waals surface area contributed by atoms with E-state index < -0.39 is 5.91 Å². The standard InChI is InChI=1S/C19H16Cl2N2O3/c1-23-19(24)13(10-22)8-12-6-7-17(18(9-12)25-2)26-11-14-15(20)4-3-5-16(14)21/h3-9H,11H2,1-2H3,(H,23,24)/b13-8-. The molecule has 0 radical (unpaired) electrons. The number of rotatable bonds is 6. The van der Waals surface area contributed by atoms with Gasteiger partial charge in [0.05, 0.1) is 7.11 Å². The number of nitrogens with zero attached hydrogens (tertiary/aromatic N) is 1. The van der Waals surface area contributed by atoms with Crippen LogP contribution in [0.4, 0.5) is 0 Å². The van der Waals surface area contributed by atoms with Gasteiger partial charge in [0.25, 0.3) is 5.91 Å². The van der Waals surface area contributed by atoms with Crippen molar-refractivity contribution in [2.45, 2.75) is 6.61 Å². The van der Waals surface area contributed by atoms with Crippen molar-refractivity contribution in [1.82, 2.24) is 5.32 Å². The normalized spacial score (nSPS) is 10.8. The van der Waals surface area contributed by atoms with Crippen molar-refractivity contribution < 1.29 is 14.3 Å². The van der Waals surface area contributed by atoms with Crippen LogP contribution in [0.1, 0.15) is 11.1 Å². The van der Waals surface area contributed by atoms with Crippen molar-refractivity contribution in [3.05, 3.63) is 63.1 Å². The minimum absolute atomic E-state index is 0.00827. The molecule has 7 heteroatoms. The fourth-order valence-electron chi connectivity index (χ4n) is 2.16. The Morgan fingerprint density at radius 3 is 2.50 bits per heavy atom. The van der Waals surface area contributed by atoms with E-state index in [2.05, 4.69) is 5.32 Å². The molecule has 0 atom stereocenters. The van der Waals surface area contributed by atoms with Gasteiger partial charge in [0.2, 0.25) is 0 Å². The summed E-state index contributed by atoms with van der Waals surface area (Å²) in [6.45, 7) is 0.172. The van der Waals surface area contributed by atoms with E-state index in [0.717, 1.165) is 0 Å². The van der Waals surface area contributed by atoms with Gasteiger partial charge in [-0.3, -0.25) is 4.79 Å². The molecule has 5 nitrogen and oxygen atoms in total. The Hall–Kier alpha value is -2.68. The average Bonchev–Trinajstić information content (AvgIpc) is 2.65. The highest BCUT2D eigenvalue weighted by Gasteiger charge is 2.11. The molecule has 2 aromatic carbocycles. The minimum Gasteiger partial charge on any atom is -0.493 e. The zero-order valence-electron chi connectivity index (χ0n) is 14.2. The van der Waals surface area contributed by atoms with Crippen molar-refractivity contribution in [2.24, 2.45) is 0 Å². The fraction of sp³-hybridized carbons (Fsp3) is 0.158. The van der Waals surface area contributed by atoms with Crippen molar-refractivity contribution in [3.63, 3.8) is 0 Å². The Bertz CT molecular complexity index is 869. The summed E-state index contributed by atoms with van der Waals surface area (Å²) < 4.78 is 11.1. The highest BCUT2D eigenvalue weighted by molar-refractivity contribution is 6.35. The lowest BCUT2D eigenvalue weighted by molar-refractivity contribution is -0.116. The highest BCUT2D eigenvalue weighted by Crippen LogP contribution is 2.31. The van der Waals surface area contributed by atoms with E-state index in [1.165, 1.54) is 20.2 Å². The third-order valence-electron chi connectivity index (χ3n) is 3.52. The van der Waals surface area contributed by atoms with E-state index in [4.69, 9.17) is 37.9 Å². The van der Waals surface area contributed by atoms with Crippen molar-refractivity contribution >= 4 is 35.2 Å². The van der Waals surface area contributed by atoms with Gasteiger partial charge >= 0.3 is 0 Å². The molecule has 0 heterocycles. The number of ether oxygens (including phenoxy) is 2. The summed E-state index contributed by atoms with van der Waals surface area (Å²) in [5.74, 6) is 0.482. The maximum Gasteiger partial charge on any atom is 0.261 e. The predicted molar refractivity (Wildman–Crippen MR) is 101 cm³/mol. The van der Waals surface area contributed by atoms with Gasteiger partial charge in [0.15, 0.2) is 11.5 Å². The Kier molecular flexibility index (Phi) is 6.90. The number of methoxy groups -OCH3 is 1. The summed E-state index contributed by atoms with van der Waals surface area (Å²) >= 11 is 12.3. The van der Waals surface area contributed by atoms with Gasteiger partial charge < -0.3 is 14.8 Å². The largest absolute Gasteiger partial charge is 0.493 e. The van der Waals surface area contributed by atoms with Crippen LogP contribution in [-0.4, -0.2) is 20.1 Å². The van der Waals surface area contributed by atoms with E-state index in [-0.39, 0.29) is 12.2 Å². The molecule has 0 spiro atoms. The summed E-state index contributed by atoms with van der Waals surface area (Å²) in [5.41, 5.74) is 1.30. The summed E-state index contributed by atoms with van der Waals surface area (Å²) in [4.78, 5) is 11.6. The predicted octanol–water partition coefficient (Wildman–Crippen LogP) is 4.23. The van der Waals surface area contributed by atoms with Crippen LogP contribution in [0.3, 0.4) is 0 Å². The summed E-state index contributed by atoms with van der Waals surface area (Å²) in [6.07, 6.45) is 1.47. The Morgan fingerprint density at radius 2 is 1.92 bits per heavy atom. The van der Waals surface area contributed by atoms with Gasteiger partial charge in [-0.25, -0.2) is 0 Å². The number of carbonyl (C=O) groups is 1. The number of halogens is 2. The fourth-order valence-corrected chi connectivity index (χ4v) is 2.67. The topological polar surface area (TPSA) is 71.4 Å². The Labute approximate surface area is 161 Å². The number of hydrogen-bond donors (Lipinski definition) is 1. The van der Waals surface area contributed by atoms with Crippen LogP contribution in [0.5, 0.6) is 11.5 Å². The van der Waals surface area contributed by atoms with Crippen molar-refractivity contribution in [2.75, 3.05) is 14.2 Å². The second-order valence-corrected chi connectivity index (χ2v) is 5.96. The molecule has 0 saturated heterocycles. The van der Waals surface area contributed by atoms with Crippen LogP contribution < -0.4 is 14.8 Å². The third kappa shape index (κ3) is 4.69. The highest BCUT2D eigenvalue weighted by atomic mass is 35.5. The molecule has 2 aromatic rings. The molecule has 0 aliphatic rings. The number of carbonyl (C=O) groups excluding carboxylic acids is 1. The lowest BCUT2D eigenvalue weighted by Crippen LogP contribution is -2.19. The van der Waals surface area contributed by atoms with Crippen LogP contribution in [0.2, 0.25) is 10.0 Å². The molecule has 0 aromatic heterocycles. The molecule has 0 saturated carbocycles. The maximum atomic E-state index is 11.6. The second-order valence-electron chi connectivity index (χ2n) is 5.15. The summed E-state index contributed by atoms with van der Waals surface area (Å²) in [7, 11) is 2.97. The number of hydrogen-bond acceptors (Lipinski definition) is 4. The van der Waals surface area contributed by atoms with Gasteiger partial charge in [0, 0.05) is 22.7 Å². The molecule has 1 N–H and O–H groups in total. The second kappa shape index (κ2) is 9.14. The first kappa shape index (κ1) is 19.6. The first-order valence-corrected chi connectivity index (χ1v) is 8.33. The van der Waals surface area contributed by atoms with Gasteiger partial charge in [-0.15, -0.1) is 0 Å². The Morgan fingerprint density at radius 1 is 1.23 bits per heavy atom. The molecule has 0 aliphatic heterocycles. The molecule has 134 valence electrons. The zero-order chi connectivity index (χ0) is 19.1. The number of nitriles is 1. The first-order chi connectivity index (χ1) is 12.5. The van der Waals surface area contributed by atoms with Crippen LogP contribution in [0.25, 0.3) is 6.08 Å². The smallest absolute Gasteiger partial charge is 0.261 e. The van der Waals surface area contributed by atoms with E-state index >= 15 is 0 Å². The van der Waals surface area contributed by atoms with Gasteiger partial charge in [-0.2, -0.15) is 5.26 Å². The molecule has 26 heavy (non-hydrogen) atoms. The van der Waals surface area contributed by atoms with Gasteiger partial charge in [-0.05, 0) is 35.9 Å². The molecular formula is C19H16Cl2N2O3. The lowest BCUT2D eigenvalue weighted by atomic mass is 10.1. The molecular weight excluding hydrogens is 375 g/mol. The number of nitrogens with one attached hydrogen (secondary N) is 1. The van der Waals surface area contributed by atoms with E-state index in [0.29, 0.717) is 32.7 Å². The first-order valence-electron chi connectivity index (χ1n) is 7.57. The molecule has 1 amide bonds. The Balaban J connectivity index is 2.25. The molecule has 0 bridgehead atoms. The number of likely N-dealkylation sites (N-methyl/N-ethyl adjacent to an activating group) is 1. The monoisotopic (exact) mass is 390 g/mol. The summed E-state index contributed by atoms with van der Waals surface area (Å²) in [6, 6.07) is 12.2. The third-order valence-corrected chi connectivity index (χ3v) is 4.23. The van der Waals surface area contributed by atoms with Gasteiger partial charge in [-0.1, -0.05) is 35.3 Å². The number of amides is 1. The maximum absolute atomic E-state index is 11.6. The van der Waals surface area contributed by atoms with Crippen LogP contribution in [-0.2, 0) is 11.4 Å². The quantitative estimate of drug-likeness (QED) is 0.591. The summed E-state index contributed by atoms with van der Waals surface area (Å²) in [5, 5.41) is 12.5. The average molecular weight is 391 g/mol. The van der Waals surface area contributed by atoms with Crippen LogP contribution in [0, 0.1) is 11.3 Å². The molecule has 2 rings (SSSR count). The van der Waals surface area contributed by atoms with E-state index in [1.54, 1.807) is 36.4 Å². The van der Waals surface area contributed by atoms with Crippen molar-refractivity contribution in [3.8, 4) is 17.6 Å². The van der Waals surface area contributed by atoms with E-state index in [1.807, 2.05) is 6.07 Å². The zero-order valence-corrected chi connectivity index (χ0v) is 15.7.